The fraction of sp³-hybridized carbons (Fsp3) is 0.483. The molecule has 196 valence electrons. The molecule has 3 amide bonds. The Kier molecular flexibility index (Phi) is 6.81. The molecule has 2 aromatic carbocycles. The molecule has 0 aromatic heterocycles. The number of fused-ring (bicyclic) bond motifs is 1. The summed E-state index contributed by atoms with van der Waals surface area (Å²) in [6, 6.07) is 18.0. The van der Waals surface area contributed by atoms with Gasteiger partial charge in [-0.1, -0.05) is 55.5 Å². The number of carbonyl (C=O) groups excluding carboxylic acids is 3. The lowest BCUT2D eigenvalue weighted by atomic mass is 9.62. The van der Waals surface area contributed by atoms with E-state index in [0.29, 0.717) is 38.0 Å². The maximum Gasteiger partial charge on any atom is 0.246 e. The predicted octanol–water partition coefficient (Wildman–Crippen LogP) is 2.72. The molecule has 5 rings (SSSR count). The smallest absolute Gasteiger partial charge is 0.246 e. The Bertz CT molecular complexity index is 1160. The van der Waals surface area contributed by atoms with Crippen molar-refractivity contribution in [2.24, 2.45) is 17.8 Å². The summed E-state index contributed by atoms with van der Waals surface area (Å²) in [5.41, 5.74) is -0.334. The molecule has 3 aliphatic heterocycles. The Morgan fingerprint density at radius 3 is 2.41 bits per heavy atom. The number of aliphatic hydroxyl groups excluding tert-OH is 1. The SMILES string of the molecule is CC1CC23O[C@@]1(C)[C@H](C(=O)Nc1ccccc1)[C@H]2C(=O)N(CCCCO)C3C(=O)NCc1ccccc1. The van der Waals surface area contributed by atoms with Crippen LogP contribution in [0.4, 0.5) is 5.69 Å². The molecule has 0 saturated carbocycles. The van der Waals surface area contributed by atoms with E-state index >= 15 is 0 Å². The molecule has 0 aliphatic carbocycles. The molecule has 3 unspecified atom stereocenters. The third-order valence-corrected chi connectivity index (χ3v) is 8.50. The van der Waals surface area contributed by atoms with Gasteiger partial charge < -0.3 is 25.4 Å². The number of amides is 3. The molecule has 3 heterocycles. The number of rotatable bonds is 9. The second kappa shape index (κ2) is 9.91. The van der Waals surface area contributed by atoms with E-state index in [1.54, 1.807) is 4.90 Å². The molecule has 6 atom stereocenters. The number of hydrogen-bond donors (Lipinski definition) is 3. The van der Waals surface area contributed by atoms with Gasteiger partial charge in [0.1, 0.15) is 11.6 Å². The lowest BCUT2D eigenvalue weighted by Gasteiger charge is -2.36. The predicted molar refractivity (Wildman–Crippen MR) is 138 cm³/mol. The molecule has 3 saturated heterocycles. The number of carbonyl (C=O) groups is 3. The van der Waals surface area contributed by atoms with Gasteiger partial charge in [-0.3, -0.25) is 14.4 Å². The number of aliphatic hydroxyl groups is 1. The van der Waals surface area contributed by atoms with Gasteiger partial charge in [0.25, 0.3) is 0 Å². The van der Waals surface area contributed by atoms with E-state index in [4.69, 9.17) is 4.74 Å². The van der Waals surface area contributed by atoms with Crippen LogP contribution in [0, 0.1) is 17.8 Å². The van der Waals surface area contributed by atoms with Gasteiger partial charge in [-0.25, -0.2) is 0 Å². The van der Waals surface area contributed by atoms with Crippen LogP contribution < -0.4 is 10.6 Å². The zero-order chi connectivity index (χ0) is 26.2. The van der Waals surface area contributed by atoms with Gasteiger partial charge in [-0.2, -0.15) is 0 Å². The summed E-state index contributed by atoms with van der Waals surface area (Å²) in [6.45, 7) is 4.60. The second-order valence-electron chi connectivity index (χ2n) is 10.7. The summed E-state index contributed by atoms with van der Waals surface area (Å²) in [6.07, 6.45) is 1.60. The first-order valence-corrected chi connectivity index (χ1v) is 13.1. The van der Waals surface area contributed by atoms with Crippen LogP contribution in [0.1, 0.15) is 38.7 Å². The summed E-state index contributed by atoms with van der Waals surface area (Å²) in [4.78, 5) is 43.1. The van der Waals surface area contributed by atoms with Crippen molar-refractivity contribution >= 4 is 23.4 Å². The van der Waals surface area contributed by atoms with Crippen LogP contribution >= 0.6 is 0 Å². The normalized spacial score (nSPS) is 31.9. The van der Waals surface area contributed by atoms with Gasteiger partial charge in [-0.05, 0) is 49.8 Å². The van der Waals surface area contributed by atoms with E-state index < -0.39 is 29.1 Å². The number of benzene rings is 2. The molecule has 8 heteroatoms. The number of hydrogen-bond acceptors (Lipinski definition) is 5. The minimum atomic E-state index is -1.08. The lowest BCUT2D eigenvalue weighted by Crippen LogP contribution is -2.55. The molecular weight excluding hydrogens is 470 g/mol. The van der Waals surface area contributed by atoms with E-state index in [-0.39, 0.29) is 30.2 Å². The zero-order valence-corrected chi connectivity index (χ0v) is 21.4. The minimum Gasteiger partial charge on any atom is -0.396 e. The highest BCUT2D eigenvalue weighted by molar-refractivity contribution is 6.02. The van der Waals surface area contributed by atoms with Crippen molar-refractivity contribution in [2.45, 2.75) is 56.9 Å². The Hall–Kier alpha value is -3.23. The average Bonchev–Trinajstić information content (AvgIpc) is 3.41. The Labute approximate surface area is 217 Å². The molecule has 8 nitrogen and oxygen atoms in total. The highest BCUT2D eigenvalue weighted by atomic mass is 16.5. The van der Waals surface area contributed by atoms with Crippen LogP contribution in [-0.4, -0.2) is 58.1 Å². The van der Waals surface area contributed by atoms with E-state index in [1.807, 2.05) is 74.5 Å². The van der Waals surface area contributed by atoms with E-state index in [9.17, 15) is 19.5 Å². The molecule has 2 aromatic rings. The number of nitrogens with one attached hydrogen (secondary N) is 2. The summed E-state index contributed by atoms with van der Waals surface area (Å²) in [5.74, 6) is -2.26. The fourth-order valence-electron chi connectivity index (χ4n) is 6.70. The quantitative estimate of drug-likeness (QED) is 0.454. The number of nitrogens with zero attached hydrogens (tertiary/aromatic N) is 1. The maximum absolute atomic E-state index is 14.0. The summed E-state index contributed by atoms with van der Waals surface area (Å²) < 4.78 is 6.71. The zero-order valence-electron chi connectivity index (χ0n) is 21.4. The van der Waals surface area contributed by atoms with Crippen LogP contribution in [0.3, 0.4) is 0 Å². The Balaban J connectivity index is 1.47. The van der Waals surface area contributed by atoms with E-state index in [0.717, 1.165) is 5.56 Å². The maximum atomic E-state index is 14.0. The van der Waals surface area contributed by atoms with Crippen molar-refractivity contribution < 1.29 is 24.2 Å². The lowest BCUT2D eigenvalue weighted by molar-refractivity contribution is -0.146. The summed E-state index contributed by atoms with van der Waals surface area (Å²) in [7, 11) is 0. The standard InChI is InChI=1S/C29H35N3O5/c1-19-17-29-23(22(28(19,2)37-29)25(34)31-21-13-7-4-8-14-21)27(36)32(15-9-10-16-33)24(29)26(35)30-18-20-11-5-3-6-12-20/h3-8,11-14,19,22-24,33H,9-10,15-18H2,1-2H3,(H,30,35)(H,31,34)/t19?,22-,23-,24?,28+,29?/m0/s1. The highest BCUT2D eigenvalue weighted by Crippen LogP contribution is 2.65. The third-order valence-electron chi connectivity index (χ3n) is 8.50. The van der Waals surface area contributed by atoms with Crippen molar-refractivity contribution in [3.8, 4) is 0 Å². The second-order valence-corrected chi connectivity index (χ2v) is 10.7. The number of anilines is 1. The first-order valence-electron chi connectivity index (χ1n) is 13.1. The van der Waals surface area contributed by atoms with E-state index in [2.05, 4.69) is 10.6 Å². The Morgan fingerprint density at radius 2 is 1.73 bits per heavy atom. The number of ether oxygens (including phenoxy) is 1. The van der Waals surface area contributed by atoms with Crippen molar-refractivity contribution in [3.05, 3.63) is 66.2 Å². The van der Waals surface area contributed by atoms with Crippen molar-refractivity contribution in [2.75, 3.05) is 18.5 Å². The monoisotopic (exact) mass is 505 g/mol. The van der Waals surface area contributed by atoms with Gasteiger partial charge in [0.2, 0.25) is 17.7 Å². The number of likely N-dealkylation sites (tertiary alicyclic amines) is 1. The molecule has 1 spiro atoms. The Morgan fingerprint density at radius 1 is 1.05 bits per heavy atom. The van der Waals surface area contributed by atoms with Crippen molar-refractivity contribution in [1.29, 1.82) is 0 Å². The van der Waals surface area contributed by atoms with Gasteiger partial charge in [-0.15, -0.1) is 0 Å². The topological polar surface area (TPSA) is 108 Å². The molecule has 37 heavy (non-hydrogen) atoms. The van der Waals surface area contributed by atoms with Crippen LogP contribution in [-0.2, 0) is 25.7 Å². The van der Waals surface area contributed by atoms with Crippen LogP contribution in [0.25, 0.3) is 0 Å². The van der Waals surface area contributed by atoms with E-state index in [1.165, 1.54) is 0 Å². The van der Waals surface area contributed by atoms with Gasteiger partial charge in [0.15, 0.2) is 0 Å². The van der Waals surface area contributed by atoms with Crippen LogP contribution in [0.15, 0.2) is 60.7 Å². The van der Waals surface area contributed by atoms with Crippen LogP contribution in [0.5, 0.6) is 0 Å². The first kappa shape index (κ1) is 25.4. The van der Waals surface area contributed by atoms with Crippen molar-refractivity contribution in [1.82, 2.24) is 10.2 Å². The molecular formula is C29H35N3O5. The average molecular weight is 506 g/mol. The fourth-order valence-corrected chi connectivity index (χ4v) is 6.70. The van der Waals surface area contributed by atoms with Gasteiger partial charge >= 0.3 is 0 Å². The molecule has 0 radical (unpaired) electrons. The van der Waals surface area contributed by atoms with Gasteiger partial charge in [0.05, 0.1) is 17.4 Å². The molecule has 3 N–H and O–H groups in total. The van der Waals surface area contributed by atoms with Crippen LogP contribution in [0.2, 0.25) is 0 Å². The largest absolute Gasteiger partial charge is 0.396 e. The van der Waals surface area contributed by atoms with Crippen molar-refractivity contribution in [3.63, 3.8) is 0 Å². The molecule has 3 fully saturated rings. The first-order chi connectivity index (χ1) is 17.8. The minimum absolute atomic E-state index is 0.00911. The summed E-state index contributed by atoms with van der Waals surface area (Å²) in [5, 5.41) is 15.3. The van der Waals surface area contributed by atoms with Gasteiger partial charge in [0, 0.05) is 25.4 Å². The molecule has 2 bridgehead atoms. The highest BCUT2D eigenvalue weighted by Gasteiger charge is 2.79. The number of para-hydroxylation sites is 1. The third kappa shape index (κ3) is 4.22. The summed E-state index contributed by atoms with van der Waals surface area (Å²) >= 11 is 0. The molecule has 3 aliphatic rings. The number of unbranched alkanes of at least 4 members (excludes halogenated alkanes) is 1.